The summed E-state index contributed by atoms with van der Waals surface area (Å²) in [7, 11) is 13.4. The van der Waals surface area contributed by atoms with E-state index in [9.17, 15) is 4.79 Å². The van der Waals surface area contributed by atoms with Crippen LogP contribution in [0.2, 0.25) is 0 Å². The third-order valence-corrected chi connectivity index (χ3v) is 13.9. The van der Waals surface area contributed by atoms with Gasteiger partial charge in [-0.3, -0.25) is 0 Å². The topological polar surface area (TPSA) is 23.1 Å². The fourth-order valence-electron chi connectivity index (χ4n) is 4.07. The summed E-state index contributed by atoms with van der Waals surface area (Å²) in [5.74, 6) is -0.0590. The van der Waals surface area contributed by atoms with Crippen molar-refractivity contribution in [1.29, 1.82) is 0 Å². The van der Waals surface area contributed by atoms with E-state index in [1.54, 1.807) is 2.95 Å². The molecule has 4 rings (SSSR count). The number of benzene rings is 2. The van der Waals surface area contributed by atoms with E-state index in [2.05, 4.69) is 59.7 Å². The number of hydrogen-bond donors (Lipinski definition) is 0. The van der Waals surface area contributed by atoms with E-state index in [0.29, 0.717) is 5.56 Å². The Labute approximate surface area is 179 Å². The quantitative estimate of drug-likeness (QED) is 0.430. The average molecular weight is 497 g/mol. The molecule has 2 aromatic carbocycles. The molecular weight excluding hydrogens is 470 g/mol. The van der Waals surface area contributed by atoms with E-state index in [1.807, 2.05) is 27.2 Å². The Morgan fingerprint density at radius 2 is 1.54 bits per heavy atom. The summed E-state index contributed by atoms with van der Waals surface area (Å²) in [6.07, 6.45) is 0. The number of rotatable bonds is 1. The third kappa shape index (κ3) is 3.12. The normalized spacial score (nSPS) is 23.3. The number of amides is 1. The molecule has 28 heavy (non-hydrogen) atoms. The predicted octanol–water partition coefficient (Wildman–Crippen LogP) is 6.35. The molecular formula is C22H26Cl2N2OZr. The predicted molar refractivity (Wildman–Crippen MR) is 112 cm³/mol. The van der Waals surface area contributed by atoms with Crippen LogP contribution in [0.4, 0.5) is 0 Å². The molecule has 3 nitrogen and oxygen atoms in total. The first-order chi connectivity index (χ1) is 12.8. The van der Waals surface area contributed by atoms with Crippen LogP contribution in [0.15, 0.2) is 42.5 Å². The molecule has 2 unspecified atom stereocenters. The fourth-order valence-corrected chi connectivity index (χ4v) is 14.7. The molecule has 2 aliphatic heterocycles. The Kier molecular flexibility index (Phi) is 4.72. The second-order valence-electron chi connectivity index (χ2n) is 9.76. The summed E-state index contributed by atoms with van der Waals surface area (Å²) in [5, 5.41) is 0. The van der Waals surface area contributed by atoms with Crippen molar-refractivity contribution in [3.63, 3.8) is 0 Å². The average Bonchev–Trinajstić information content (AvgIpc) is 3.16. The van der Waals surface area contributed by atoms with Gasteiger partial charge in [0.15, 0.2) is 0 Å². The molecule has 6 heteroatoms. The number of hydrazine groups is 1. The fraction of sp³-hybridized carbons (Fsp3) is 0.409. The summed E-state index contributed by atoms with van der Waals surface area (Å²) >= 11 is -3.76. The first-order valence-corrected chi connectivity index (χ1v) is 18.1. The van der Waals surface area contributed by atoms with Gasteiger partial charge in [0.1, 0.15) is 0 Å². The van der Waals surface area contributed by atoms with Crippen molar-refractivity contribution in [2.45, 2.75) is 58.4 Å². The Hall–Kier alpha value is -0.667. The number of hydrogen-bond acceptors (Lipinski definition) is 2. The van der Waals surface area contributed by atoms with Gasteiger partial charge in [0.05, 0.1) is 0 Å². The van der Waals surface area contributed by atoms with Gasteiger partial charge in [-0.05, 0) is 0 Å². The minimum absolute atomic E-state index is 0.0510. The van der Waals surface area contributed by atoms with Crippen LogP contribution in [0, 0.1) is 0 Å². The van der Waals surface area contributed by atoms with Crippen molar-refractivity contribution < 1.29 is 23.3 Å². The molecule has 2 aliphatic rings. The van der Waals surface area contributed by atoms with E-state index in [-0.39, 0.29) is 22.8 Å². The van der Waals surface area contributed by atoms with E-state index in [4.69, 9.17) is 17.0 Å². The van der Waals surface area contributed by atoms with E-state index < -0.39 is 18.5 Å². The van der Waals surface area contributed by atoms with Crippen molar-refractivity contribution in [3.8, 4) is 0 Å². The second kappa shape index (κ2) is 6.41. The molecule has 2 heterocycles. The molecule has 0 bridgehead atoms. The van der Waals surface area contributed by atoms with Gasteiger partial charge in [0, 0.05) is 0 Å². The molecule has 1 fully saturated rings. The van der Waals surface area contributed by atoms with Crippen LogP contribution in [-0.4, -0.2) is 11.8 Å². The molecule has 1 saturated heterocycles. The summed E-state index contributed by atoms with van der Waals surface area (Å²) in [4.78, 5) is 12.9. The van der Waals surface area contributed by atoms with Crippen molar-refractivity contribution >= 4 is 22.9 Å². The van der Waals surface area contributed by atoms with Crippen molar-refractivity contribution in [2.75, 3.05) is 0 Å². The van der Waals surface area contributed by atoms with Gasteiger partial charge in [-0.15, -0.1) is 0 Å². The number of nitrogens with zero attached hydrogens (tertiary/aromatic N) is 2. The van der Waals surface area contributed by atoms with Crippen LogP contribution >= 0.6 is 17.0 Å². The van der Waals surface area contributed by atoms with Gasteiger partial charge in [0.2, 0.25) is 0 Å². The van der Waals surface area contributed by atoms with Crippen molar-refractivity contribution in [2.24, 2.45) is 0 Å². The molecule has 0 radical (unpaired) electrons. The number of carbonyl (C=O) groups excluding carboxylic acids is 1. The Morgan fingerprint density at radius 3 is 2.14 bits per heavy atom. The zero-order chi connectivity index (χ0) is 20.6. The van der Waals surface area contributed by atoms with Crippen LogP contribution in [0.5, 0.6) is 0 Å². The molecule has 1 amide bonds. The summed E-state index contributed by atoms with van der Waals surface area (Å²) < 4.78 is 3.65. The van der Waals surface area contributed by atoms with Crippen LogP contribution in [0.25, 0.3) is 0 Å². The van der Waals surface area contributed by atoms with E-state index in [0.717, 1.165) is 5.56 Å². The Balaban J connectivity index is 1.96. The first kappa shape index (κ1) is 20.6. The van der Waals surface area contributed by atoms with E-state index >= 15 is 0 Å². The van der Waals surface area contributed by atoms with Gasteiger partial charge in [-0.2, -0.15) is 0 Å². The monoisotopic (exact) mass is 494 g/mol. The first-order valence-electron chi connectivity index (χ1n) is 9.60. The Morgan fingerprint density at radius 1 is 0.893 bits per heavy atom. The Bertz CT molecular complexity index is 975. The van der Waals surface area contributed by atoms with Gasteiger partial charge in [-0.1, -0.05) is 0 Å². The summed E-state index contributed by atoms with van der Waals surface area (Å²) in [5.41, 5.74) is 5.48. The molecule has 0 aromatic heterocycles. The van der Waals surface area contributed by atoms with E-state index in [1.165, 1.54) is 16.7 Å². The molecule has 2 atom stereocenters. The van der Waals surface area contributed by atoms with Crippen LogP contribution < -0.4 is 0 Å². The van der Waals surface area contributed by atoms with Gasteiger partial charge < -0.3 is 0 Å². The number of fused-ring (bicyclic) bond motifs is 2. The zero-order valence-electron chi connectivity index (χ0n) is 17.2. The van der Waals surface area contributed by atoms with Crippen LogP contribution in [0.1, 0.15) is 80.2 Å². The summed E-state index contributed by atoms with van der Waals surface area (Å²) in [6, 6.07) is 14.4. The molecule has 2 aromatic rings. The third-order valence-electron chi connectivity index (χ3n) is 5.65. The van der Waals surface area contributed by atoms with Crippen molar-refractivity contribution in [1.82, 2.24) is 5.91 Å². The summed E-state index contributed by atoms with van der Waals surface area (Å²) in [6.45, 7) is 13.4. The van der Waals surface area contributed by atoms with Gasteiger partial charge >= 0.3 is 181 Å². The second-order valence-corrected chi connectivity index (χ2v) is 21.8. The number of halogens is 2. The zero-order valence-corrected chi connectivity index (χ0v) is 21.1. The molecule has 0 N–H and O–H groups in total. The SMILES string of the molecule is CC(C)(C)c1ccc(C2c3ccccc3C(=O)[N]3[N]2[Zr]3([Cl])[Cl])c(C(C)(C)C)c1. The number of carbonyl (C=O) groups is 1. The minimum atomic E-state index is -3.76. The maximum absolute atomic E-state index is 12.9. The maximum atomic E-state index is 12.9. The molecule has 0 spiro atoms. The van der Waals surface area contributed by atoms with Gasteiger partial charge in [-0.25, -0.2) is 0 Å². The standard InChI is InChI=1S/C22H26N2O.2ClH.Zr/c1-21(2,3)14-11-12-17(18(13-14)22(4,5)6)19-15-9-7-8-10-16(15)20(25)24-23-19;;;/h7-13,19H,1-6H3;2*1H;/q-2;;;+4/p-2. The molecule has 0 saturated carbocycles. The van der Waals surface area contributed by atoms with Crippen molar-refractivity contribution in [3.05, 3.63) is 70.3 Å². The van der Waals surface area contributed by atoms with Gasteiger partial charge in [0.25, 0.3) is 0 Å². The molecule has 148 valence electrons. The van der Waals surface area contributed by atoms with Crippen LogP contribution in [-0.2, 0) is 29.3 Å². The van der Waals surface area contributed by atoms with Crippen LogP contribution in [0.3, 0.4) is 0 Å². The molecule has 0 aliphatic carbocycles.